The highest BCUT2D eigenvalue weighted by Crippen LogP contribution is 2.51. The summed E-state index contributed by atoms with van der Waals surface area (Å²) in [4.78, 5) is 0. The van der Waals surface area contributed by atoms with E-state index >= 15 is 0 Å². The minimum atomic E-state index is -0.269. The first-order valence-corrected chi connectivity index (χ1v) is 38.3. The molecule has 0 saturated heterocycles. The van der Waals surface area contributed by atoms with Crippen LogP contribution in [0.5, 0.6) is 0 Å². The maximum Gasteiger partial charge on any atom is 0.252 e. The Morgan fingerprint density at radius 2 is 0.750 bits per heavy atom. The lowest BCUT2D eigenvalue weighted by Crippen LogP contribution is -2.59. The first-order chi connectivity index (χ1) is 53.4. The molecule has 0 bridgehead atoms. The number of fused-ring (bicyclic) bond motifs is 29. The van der Waals surface area contributed by atoms with Crippen molar-refractivity contribution in [3.05, 3.63) is 361 Å². The van der Waals surface area contributed by atoms with E-state index in [4.69, 9.17) is 0 Å². The quantitative estimate of drug-likeness (QED) is 0.117. The van der Waals surface area contributed by atoms with Gasteiger partial charge in [-0.3, -0.25) is 0 Å². The predicted molar refractivity (Wildman–Crippen MR) is 456 cm³/mol. The van der Waals surface area contributed by atoms with Gasteiger partial charge in [0.2, 0.25) is 0 Å². The number of para-hydroxylation sites is 6. The summed E-state index contributed by atoms with van der Waals surface area (Å²) in [5.74, 6) is 0.0935. The lowest BCUT2D eigenvalue weighted by molar-refractivity contribution is 0.642. The Labute approximate surface area is 622 Å². The van der Waals surface area contributed by atoms with Crippen LogP contribution in [0.4, 0.5) is 0 Å². The second kappa shape index (κ2) is 21.4. The zero-order valence-electron chi connectivity index (χ0n) is 59.6. The predicted octanol–water partition coefficient (Wildman–Crippen LogP) is 23.8. The van der Waals surface area contributed by atoms with Gasteiger partial charge in [0.25, 0.3) is 6.71 Å². The molecule has 17 aromatic carbocycles. The highest BCUT2D eigenvalue weighted by Gasteiger charge is 2.44. The Bertz CT molecular complexity index is 7640. The maximum atomic E-state index is 2.78. The van der Waals surface area contributed by atoms with Crippen LogP contribution in [0.3, 0.4) is 0 Å². The summed E-state index contributed by atoms with van der Waals surface area (Å²) < 4.78 is 13.1. The van der Waals surface area contributed by atoms with Crippen LogP contribution in [-0.2, 0) is 11.8 Å². The molecule has 502 valence electrons. The summed E-state index contributed by atoms with van der Waals surface area (Å²) in [7, 11) is 0. The van der Waals surface area contributed by atoms with Gasteiger partial charge in [-0.1, -0.05) is 244 Å². The third-order valence-electron chi connectivity index (χ3n) is 25.7. The van der Waals surface area contributed by atoms with Gasteiger partial charge in [0.05, 0.1) is 49.8 Å². The molecule has 0 spiro atoms. The number of aromatic nitrogens is 5. The maximum absolute atomic E-state index is 2.78. The fourth-order valence-corrected chi connectivity index (χ4v) is 21.0. The van der Waals surface area contributed by atoms with Crippen molar-refractivity contribution in [2.75, 3.05) is 0 Å². The lowest BCUT2D eigenvalue weighted by atomic mass is 9.34. The minimum absolute atomic E-state index is 0.0935. The van der Waals surface area contributed by atoms with Crippen LogP contribution in [0.2, 0.25) is 0 Å². The molecular formula is C102H66BN5. The molecular weight excluding hydrogens is 1310 g/mol. The summed E-state index contributed by atoms with van der Waals surface area (Å²) in [6.07, 6.45) is 1.94. The standard InChI is InChI=1S/C102H66BN5/c1-102(2,62-25-4-3-5-26-62)63-45-49-72-80(54-63)71-30-10-11-37-79(71)97-83(72)59-96-98-101(97)108-95-51-47-65(105-90-40-20-14-33-75(90)76-34-15-21-41-91(76)105)55-81(95)84-52-61(68-48-44-60-24-6-7-27-67(60)69-28-8-9-29-70(68)69)53-86(100(84)108)103(98)87-58-66(106-92-42-22-16-35-77(92)78-36-17-23-43-93(78)106)57-85-82-56-64(46-50-94(82)107(96)99(85)87)104-88-38-18-12-31-73(88)74-32-13-19-39-89(74)104/h3-43,45-47,49-59,68H,44,48H2,1-2H3. The summed E-state index contributed by atoms with van der Waals surface area (Å²) >= 11 is 0. The van der Waals surface area contributed by atoms with Crippen LogP contribution in [0, 0.1) is 0 Å². The number of hydrogen-bond donors (Lipinski definition) is 0. The average molecular weight is 1370 g/mol. The van der Waals surface area contributed by atoms with Gasteiger partial charge in [-0.25, -0.2) is 0 Å². The molecule has 3 aliphatic rings. The molecule has 108 heavy (non-hydrogen) atoms. The van der Waals surface area contributed by atoms with Crippen LogP contribution >= 0.6 is 0 Å². The molecule has 5 nitrogen and oxygen atoms in total. The topological polar surface area (TPSA) is 24.6 Å². The number of hydrogen-bond acceptors (Lipinski definition) is 0. The van der Waals surface area contributed by atoms with Crippen molar-refractivity contribution in [1.82, 2.24) is 22.8 Å². The van der Waals surface area contributed by atoms with Crippen molar-refractivity contribution >= 4 is 164 Å². The van der Waals surface area contributed by atoms with Gasteiger partial charge in [0.15, 0.2) is 0 Å². The van der Waals surface area contributed by atoms with Gasteiger partial charge in [-0.05, 0) is 198 Å². The molecule has 5 aromatic heterocycles. The van der Waals surface area contributed by atoms with E-state index in [-0.39, 0.29) is 18.0 Å². The van der Waals surface area contributed by atoms with Crippen molar-refractivity contribution in [1.29, 1.82) is 0 Å². The van der Waals surface area contributed by atoms with Crippen molar-refractivity contribution in [2.24, 2.45) is 0 Å². The van der Waals surface area contributed by atoms with E-state index in [0.29, 0.717) is 0 Å². The second-order valence-corrected chi connectivity index (χ2v) is 31.3. The third kappa shape index (κ3) is 7.70. The molecule has 0 fully saturated rings. The van der Waals surface area contributed by atoms with Crippen LogP contribution < -0.4 is 16.4 Å². The Hall–Kier alpha value is -13.4. The molecule has 0 radical (unpaired) electrons. The molecule has 1 unspecified atom stereocenters. The summed E-state index contributed by atoms with van der Waals surface area (Å²) in [5, 5.41) is 20.0. The lowest BCUT2D eigenvalue weighted by Gasteiger charge is -2.36. The molecule has 0 saturated carbocycles. The summed E-state index contributed by atoms with van der Waals surface area (Å²) in [6.45, 7) is 4.54. The SMILES string of the molecule is CC(C)(c1ccccc1)c1ccc2c(c1)c1ccccc1c1c3c4c(cc21)-n1c2ccc(-n5c6ccccc6c6ccccc65)cc2c2cc(-n5c6ccccc6c6ccccc65)cc(c21)B4c1cc(C2CCc4ccccc4-c4ccccc42)cc2c4cc(-n5c6ccccc6c6ccccc65)ccc4n-3c12. The van der Waals surface area contributed by atoms with Crippen molar-refractivity contribution in [3.63, 3.8) is 0 Å². The van der Waals surface area contributed by atoms with Gasteiger partial charge < -0.3 is 22.8 Å². The van der Waals surface area contributed by atoms with Crippen molar-refractivity contribution < 1.29 is 0 Å². The van der Waals surface area contributed by atoms with E-state index < -0.39 is 0 Å². The van der Waals surface area contributed by atoms with Gasteiger partial charge in [0.1, 0.15) is 0 Å². The van der Waals surface area contributed by atoms with Gasteiger partial charge >= 0.3 is 0 Å². The summed E-state index contributed by atoms with van der Waals surface area (Å²) in [6, 6.07) is 128. The van der Waals surface area contributed by atoms with E-state index in [1.807, 2.05) is 0 Å². The fraction of sp³-hybridized carbons (Fsp3) is 0.0588. The highest BCUT2D eigenvalue weighted by molar-refractivity contribution is 7.00. The van der Waals surface area contributed by atoms with Gasteiger partial charge in [-0.2, -0.15) is 0 Å². The fourth-order valence-electron chi connectivity index (χ4n) is 21.0. The molecule has 0 amide bonds. The zero-order valence-corrected chi connectivity index (χ0v) is 59.6. The first kappa shape index (κ1) is 58.9. The van der Waals surface area contributed by atoms with Crippen LogP contribution in [-0.4, -0.2) is 29.5 Å². The van der Waals surface area contributed by atoms with E-state index in [1.165, 1.54) is 208 Å². The smallest absolute Gasteiger partial charge is 0.252 e. The molecule has 1 atom stereocenters. The van der Waals surface area contributed by atoms with Crippen LogP contribution in [0.15, 0.2) is 334 Å². The highest BCUT2D eigenvalue weighted by atomic mass is 15.1. The molecule has 2 aliphatic heterocycles. The third-order valence-corrected chi connectivity index (χ3v) is 25.7. The summed E-state index contributed by atoms with van der Waals surface area (Å²) in [5.41, 5.74) is 31.1. The Balaban J connectivity index is 0.875. The average Bonchev–Trinajstić information content (AvgIpc) is 1.40. The molecule has 7 heterocycles. The van der Waals surface area contributed by atoms with E-state index in [2.05, 4.69) is 370 Å². The molecule has 25 rings (SSSR count). The van der Waals surface area contributed by atoms with E-state index in [0.717, 1.165) is 29.9 Å². The molecule has 0 N–H and O–H groups in total. The van der Waals surface area contributed by atoms with Gasteiger partial charge in [-0.15, -0.1) is 0 Å². The Morgan fingerprint density at radius 3 is 1.35 bits per heavy atom. The Kier molecular flexibility index (Phi) is 11.7. The molecule has 1 aliphatic carbocycles. The van der Waals surface area contributed by atoms with Crippen LogP contribution in [0.25, 0.3) is 181 Å². The Morgan fingerprint density at radius 1 is 0.296 bits per heavy atom. The van der Waals surface area contributed by atoms with Crippen LogP contribution in [0.1, 0.15) is 54.0 Å². The number of nitrogens with zero attached hydrogens (tertiary/aromatic N) is 5. The zero-order chi connectivity index (χ0) is 70.5. The second-order valence-electron chi connectivity index (χ2n) is 31.3. The van der Waals surface area contributed by atoms with E-state index in [1.54, 1.807) is 0 Å². The normalized spacial score (nSPS) is 14.0. The number of aryl methyl sites for hydroxylation is 1. The number of rotatable bonds is 6. The molecule has 6 heteroatoms. The monoisotopic (exact) mass is 1370 g/mol. The molecule has 22 aromatic rings. The van der Waals surface area contributed by atoms with E-state index in [9.17, 15) is 0 Å². The van der Waals surface area contributed by atoms with Crippen molar-refractivity contribution in [2.45, 2.75) is 38.0 Å². The number of benzene rings is 17. The van der Waals surface area contributed by atoms with Gasteiger partial charge in [0, 0.05) is 104 Å². The minimum Gasteiger partial charge on any atom is -0.310 e. The first-order valence-electron chi connectivity index (χ1n) is 38.3. The van der Waals surface area contributed by atoms with Crippen molar-refractivity contribution in [3.8, 4) is 39.6 Å². The largest absolute Gasteiger partial charge is 0.310 e.